The number of hydrogen-bond acceptors (Lipinski definition) is 3. The van der Waals surface area contributed by atoms with Crippen molar-refractivity contribution in [3.63, 3.8) is 0 Å². The third kappa shape index (κ3) is 1.48. The number of rotatable bonds is 2. The van der Waals surface area contributed by atoms with E-state index in [1.807, 2.05) is 24.3 Å². The van der Waals surface area contributed by atoms with E-state index < -0.39 is 5.97 Å². The summed E-state index contributed by atoms with van der Waals surface area (Å²) in [5, 5.41) is 9.91. The van der Waals surface area contributed by atoms with Gasteiger partial charge in [0.05, 0.1) is 5.56 Å². The van der Waals surface area contributed by atoms with Gasteiger partial charge in [-0.05, 0) is 13.0 Å². The number of carbonyl (C=O) groups is 1. The Balaban J connectivity index is 2.20. The molecular weight excluding hydrogens is 232 g/mol. The van der Waals surface area contributed by atoms with Gasteiger partial charge >= 0.3 is 5.97 Å². The molecule has 0 saturated heterocycles. The van der Waals surface area contributed by atoms with Crippen LogP contribution in [0, 0.1) is 6.92 Å². The molecule has 3 rings (SSSR count). The number of para-hydroxylation sites is 1. The van der Waals surface area contributed by atoms with Gasteiger partial charge in [0.1, 0.15) is 5.76 Å². The van der Waals surface area contributed by atoms with E-state index >= 15 is 0 Å². The highest BCUT2D eigenvalue weighted by molar-refractivity contribution is 5.94. The van der Waals surface area contributed by atoms with Crippen LogP contribution in [0.4, 0.5) is 0 Å². The van der Waals surface area contributed by atoms with Gasteiger partial charge in [-0.1, -0.05) is 18.2 Å². The van der Waals surface area contributed by atoms with Crippen molar-refractivity contribution in [3.05, 3.63) is 41.9 Å². The van der Waals surface area contributed by atoms with Crippen LogP contribution < -0.4 is 0 Å². The van der Waals surface area contributed by atoms with Crippen LogP contribution in [0.2, 0.25) is 0 Å². The van der Waals surface area contributed by atoms with Crippen LogP contribution in [0.3, 0.4) is 0 Å². The molecule has 2 N–H and O–H groups in total. The minimum Gasteiger partial charge on any atom is -0.476 e. The lowest BCUT2D eigenvalue weighted by atomic mass is 10.2. The van der Waals surface area contributed by atoms with Gasteiger partial charge in [0.25, 0.3) is 0 Å². The number of fused-ring (bicyclic) bond motifs is 1. The fraction of sp³-hybridized carbons (Fsp3) is 0.0769. The lowest BCUT2D eigenvalue weighted by Crippen LogP contribution is -1.98. The number of nitrogens with zero attached hydrogens (tertiary/aromatic N) is 1. The first-order valence-corrected chi connectivity index (χ1v) is 5.44. The van der Waals surface area contributed by atoms with E-state index in [4.69, 9.17) is 9.52 Å². The van der Waals surface area contributed by atoms with E-state index in [1.54, 1.807) is 13.1 Å². The molecule has 18 heavy (non-hydrogen) atoms. The number of aryl methyl sites for hydroxylation is 1. The number of nitrogens with one attached hydrogen (secondary N) is 1. The van der Waals surface area contributed by atoms with Crippen molar-refractivity contribution in [1.29, 1.82) is 0 Å². The van der Waals surface area contributed by atoms with E-state index in [9.17, 15) is 4.79 Å². The van der Waals surface area contributed by atoms with Crippen molar-refractivity contribution in [2.24, 2.45) is 0 Å². The molecule has 90 valence electrons. The van der Waals surface area contributed by atoms with E-state index in [0.717, 1.165) is 16.5 Å². The molecule has 0 unspecified atom stereocenters. The van der Waals surface area contributed by atoms with Gasteiger partial charge in [-0.15, -0.1) is 0 Å². The number of H-pyrrole nitrogens is 1. The molecule has 0 atom stereocenters. The van der Waals surface area contributed by atoms with Crippen LogP contribution >= 0.6 is 0 Å². The number of carboxylic acids is 1. The average Bonchev–Trinajstić information content (AvgIpc) is 2.92. The zero-order valence-electron chi connectivity index (χ0n) is 9.60. The molecule has 0 saturated carbocycles. The minimum atomic E-state index is -1.08. The van der Waals surface area contributed by atoms with Gasteiger partial charge in [-0.25, -0.2) is 9.78 Å². The van der Waals surface area contributed by atoms with Crippen LogP contribution in [0.1, 0.15) is 16.2 Å². The number of aromatic carboxylic acids is 1. The smallest absolute Gasteiger partial charge is 0.358 e. The quantitative estimate of drug-likeness (QED) is 0.724. The highest BCUT2D eigenvalue weighted by Gasteiger charge is 2.18. The molecule has 0 spiro atoms. The van der Waals surface area contributed by atoms with Crippen molar-refractivity contribution in [2.75, 3.05) is 0 Å². The maximum Gasteiger partial charge on any atom is 0.358 e. The number of carboxylic acid groups (broad SMARTS) is 1. The van der Waals surface area contributed by atoms with Gasteiger partial charge < -0.3 is 14.5 Å². The third-order valence-electron chi connectivity index (χ3n) is 2.82. The van der Waals surface area contributed by atoms with Crippen LogP contribution in [-0.4, -0.2) is 21.0 Å². The number of benzene rings is 1. The van der Waals surface area contributed by atoms with Crippen molar-refractivity contribution >= 4 is 16.9 Å². The Morgan fingerprint density at radius 3 is 2.89 bits per heavy atom. The molecule has 3 aromatic rings. The molecule has 0 radical (unpaired) electrons. The normalized spacial score (nSPS) is 10.9. The third-order valence-corrected chi connectivity index (χ3v) is 2.82. The van der Waals surface area contributed by atoms with Crippen LogP contribution in [0.15, 0.2) is 34.9 Å². The molecule has 0 amide bonds. The lowest BCUT2D eigenvalue weighted by molar-refractivity contribution is 0.0689. The Morgan fingerprint density at radius 1 is 1.39 bits per heavy atom. The molecule has 2 aromatic heterocycles. The second kappa shape index (κ2) is 3.73. The fourth-order valence-corrected chi connectivity index (χ4v) is 1.96. The Morgan fingerprint density at radius 2 is 2.17 bits per heavy atom. The summed E-state index contributed by atoms with van der Waals surface area (Å²) in [6.07, 6.45) is 1.77. The average molecular weight is 242 g/mol. The van der Waals surface area contributed by atoms with Gasteiger partial charge in [0.15, 0.2) is 5.69 Å². The van der Waals surface area contributed by atoms with Crippen LogP contribution in [-0.2, 0) is 0 Å². The summed E-state index contributed by atoms with van der Waals surface area (Å²) in [7, 11) is 0. The molecule has 0 aliphatic rings. The molecule has 5 nitrogen and oxygen atoms in total. The number of hydrogen-bond donors (Lipinski definition) is 2. The number of aromatic amines is 1. The zero-order valence-corrected chi connectivity index (χ0v) is 9.60. The summed E-state index contributed by atoms with van der Waals surface area (Å²) in [5.74, 6) is -0.451. The predicted octanol–water partition coefficient (Wildman–Crippen LogP) is 2.83. The highest BCUT2D eigenvalue weighted by Crippen LogP contribution is 2.29. The van der Waals surface area contributed by atoms with Gasteiger partial charge in [0, 0.05) is 17.1 Å². The summed E-state index contributed by atoms with van der Waals surface area (Å²) in [5.41, 5.74) is 1.68. The second-order valence-electron chi connectivity index (χ2n) is 3.98. The lowest BCUT2D eigenvalue weighted by Gasteiger charge is -1.92. The SMILES string of the molecule is Cc1oc(-c2c[nH]c3ccccc23)nc1C(=O)O. The summed E-state index contributed by atoms with van der Waals surface area (Å²) in [6.45, 7) is 1.59. The van der Waals surface area contributed by atoms with E-state index in [1.165, 1.54) is 0 Å². The zero-order chi connectivity index (χ0) is 12.7. The molecule has 0 aliphatic heterocycles. The van der Waals surface area contributed by atoms with E-state index in [2.05, 4.69) is 9.97 Å². The first kappa shape index (κ1) is 10.6. The molecule has 0 bridgehead atoms. The van der Waals surface area contributed by atoms with Crippen LogP contribution in [0.5, 0.6) is 0 Å². The first-order chi connectivity index (χ1) is 8.66. The summed E-state index contributed by atoms with van der Waals surface area (Å²) in [4.78, 5) is 18.1. The predicted molar refractivity (Wildman–Crippen MR) is 65.5 cm³/mol. The Labute approximate surface area is 102 Å². The fourth-order valence-electron chi connectivity index (χ4n) is 1.96. The highest BCUT2D eigenvalue weighted by atomic mass is 16.4. The maximum absolute atomic E-state index is 10.9. The van der Waals surface area contributed by atoms with Crippen molar-refractivity contribution in [3.8, 4) is 11.5 Å². The van der Waals surface area contributed by atoms with Gasteiger partial charge in [0.2, 0.25) is 5.89 Å². The molecule has 0 fully saturated rings. The molecule has 5 heteroatoms. The second-order valence-corrected chi connectivity index (χ2v) is 3.98. The van der Waals surface area contributed by atoms with Crippen molar-refractivity contribution in [2.45, 2.75) is 6.92 Å². The standard InChI is InChI=1S/C13H10N2O3/c1-7-11(13(16)17)15-12(18-7)9-6-14-10-5-3-2-4-8(9)10/h2-6,14H,1H3,(H,16,17). The van der Waals surface area contributed by atoms with E-state index in [-0.39, 0.29) is 5.69 Å². The number of aromatic nitrogens is 2. The van der Waals surface area contributed by atoms with Gasteiger partial charge in [-0.3, -0.25) is 0 Å². The topological polar surface area (TPSA) is 79.1 Å². The minimum absolute atomic E-state index is 0.0460. The molecular formula is C13H10N2O3. The summed E-state index contributed by atoms with van der Waals surface area (Å²) in [6, 6.07) is 7.70. The van der Waals surface area contributed by atoms with Crippen molar-refractivity contribution < 1.29 is 14.3 Å². The summed E-state index contributed by atoms with van der Waals surface area (Å²) >= 11 is 0. The molecule has 0 aliphatic carbocycles. The Bertz CT molecular complexity index is 740. The molecule has 1 aromatic carbocycles. The maximum atomic E-state index is 10.9. The van der Waals surface area contributed by atoms with Gasteiger partial charge in [-0.2, -0.15) is 0 Å². The summed E-state index contributed by atoms with van der Waals surface area (Å²) < 4.78 is 5.42. The van der Waals surface area contributed by atoms with E-state index in [0.29, 0.717) is 11.7 Å². The largest absolute Gasteiger partial charge is 0.476 e. The van der Waals surface area contributed by atoms with Crippen LogP contribution in [0.25, 0.3) is 22.4 Å². The first-order valence-electron chi connectivity index (χ1n) is 5.44. The Kier molecular flexibility index (Phi) is 2.19. The number of oxazole rings is 1. The Hall–Kier alpha value is -2.56. The van der Waals surface area contributed by atoms with Crippen molar-refractivity contribution in [1.82, 2.24) is 9.97 Å². The monoisotopic (exact) mass is 242 g/mol. The molecule has 2 heterocycles.